The van der Waals surface area contributed by atoms with Gasteiger partial charge in [-0.15, -0.1) is 11.3 Å². The smallest absolute Gasteiger partial charge is 0.196 e. The minimum absolute atomic E-state index is 0.580. The van der Waals surface area contributed by atoms with Crippen LogP contribution in [-0.4, -0.2) is 26.4 Å². The van der Waals surface area contributed by atoms with Gasteiger partial charge in [0, 0.05) is 48.9 Å². The molecule has 0 atom stereocenters. The highest BCUT2D eigenvalue weighted by atomic mass is 32.1. The van der Waals surface area contributed by atoms with Gasteiger partial charge in [0.05, 0.1) is 11.2 Å². The maximum absolute atomic E-state index is 5.03. The van der Waals surface area contributed by atoms with E-state index in [9.17, 15) is 0 Å². The van der Waals surface area contributed by atoms with Crippen LogP contribution in [-0.2, 0) is 19.5 Å². The number of aromatic amines is 1. The molecule has 0 spiro atoms. The minimum Gasteiger partial charge on any atom is -0.334 e. The van der Waals surface area contributed by atoms with Crippen molar-refractivity contribution in [3.05, 3.63) is 38.8 Å². The summed E-state index contributed by atoms with van der Waals surface area (Å²) in [7, 11) is 0. The lowest BCUT2D eigenvalue weighted by molar-refractivity contribution is 0.240. The quantitative estimate of drug-likeness (QED) is 0.844. The zero-order valence-corrected chi connectivity index (χ0v) is 10.9. The Morgan fingerprint density at radius 2 is 2.41 bits per heavy atom. The lowest BCUT2D eigenvalue weighted by Crippen LogP contribution is -2.30. The standard InChI is InChI=1S/C11H12N4S2/c16-11-12-3-8-4-15(2-1-10(8)14-11)5-9-6-17-7-13-9/h3,6-7H,1-2,4-5H2,(H,12,14,16). The maximum atomic E-state index is 5.03. The number of nitrogens with one attached hydrogen (secondary N) is 1. The summed E-state index contributed by atoms with van der Waals surface area (Å²) >= 11 is 6.68. The van der Waals surface area contributed by atoms with E-state index in [0.717, 1.165) is 31.7 Å². The largest absolute Gasteiger partial charge is 0.334 e. The molecular weight excluding hydrogens is 252 g/mol. The van der Waals surface area contributed by atoms with Crippen molar-refractivity contribution < 1.29 is 0 Å². The summed E-state index contributed by atoms with van der Waals surface area (Å²) in [4.78, 5) is 14.0. The van der Waals surface area contributed by atoms with E-state index < -0.39 is 0 Å². The molecule has 88 valence electrons. The molecule has 1 aliphatic heterocycles. The van der Waals surface area contributed by atoms with Crippen LogP contribution in [0.25, 0.3) is 0 Å². The van der Waals surface area contributed by atoms with Crippen molar-refractivity contribution in [2.45, 2.75) is 19.5 Å². The first-order chi connectivity index (χ1) is 8.31. The highest BCUT2D eigenvalue weighted by Gasteiger charge is 2.17. The topological polar surface area (TPSA) is 44.8 Å². The highest BCUT2D eigenvalue weighted by molar-refractivity contribution is 7.71. The summed E-state index contributed by atoms with van der Waals surface area (Å²) in [6.45, 7) is 2.88. The van der Waals surface area contributed by atoms with E-state index >= 15 is 0 Å². The number of thiazole rings is 1. The van der Waals surface area contributed by atoms with Gasteiger partial charge in [0.15, 0.2) is 4.77 Å². The van der Waals surface area contributed by atoms with Gasteiger partial charge >= 0.3 is 0 Å². The molecule has 0 fully saturated rings. The van der Waals surface area contributed by atoms with E-state index in [0.29, 0.717) is 4.77 Å². The summed E-state index contributed by atoms with van der Waals surface area (Å²) in [6, 6.07) is 0. The fourth-order valence-electron chi connectivity index (χ4n) is 2.08. The molecule has 1 aliphatic rings. The first-order valence-electron chi connectivity index (χ1n) is 5.48. The summed E-state index contributed by atoms with van der Waals surface area (Å²) < 4.78 is 0.580. The van der Waals surface area contributed by atoms with Crippen LogP contribution in [0.2, 0.25) is 0 Å². The molecule has 0 unspecified atom stereocenters. The molecule has 1 N–H and O–H groups in total. The molecule has 0 amide bonds. The van der Waals surface area contributed by atoms with Crippen molar-refractivity contribution in [2.24, 2.45) is 0 Å². The Balaban J connectivity index is 1.76. The van der Waals surface area contributed by atoms with Crippen LogP contribution in [0.15, 0.2) is 17.1 Å². The van der Waals surface area contributed by atoms with Gasteiger partial charge in [0.2, 0.25) is 0 Å². The zero-order chi connectivity index (χ0) is 11.7. The Morgan fingerprint density at radius 3 is 3.24 bits per heavy atom. The van der Waals surface area contributed by atoms with Crippen LogP contribution in [0.4, 0.5) is 0 Å². The number of hydrogen-bond acceptors (Lipinski definition) is 5. The van der Waals surface area contributed by atoms with Gasteiger partial charge in [0.1, 0.15) is 0 Å². The number of aromatic nitrogens is 3. The van der Waals surface area contributed by atoms with Crippen molar-refractivity contribution in [1.82, 2.24) is 19.9 Å². The van der Waals surface area contributed by atoms with Gasteiger partial charge in [-0.25, -0.2) is 9.97 Å². The second kappa shape index (κ2) is 4.64. The average molecular weight is 264 g/mol. The van der Waals surface area contributed by atoms with Crippen LogP contribution in [0.5, 0.6) is 0 Å². The van der Waals surface area contributed by atoms with E-state index in [1.165, 1.54) is 11.3 Å². The van der Waals surface area contributed by atoms with Crippen LogP contribution in [0, 0.1) is 4.77 Å². The first-order valence-corrected chi connectivity index (χ1v) is 6.83. The van der Waals surface area contributed by atoms with Crippen molar-refractivity contribution >= 4 is 23.6 Å². The fraction of sp³-hybridized carbons (Fsp3) is 0.364. The van der Waals surface area contributed by atoms with Crippen LogP contribution < -0.4 is 0 Å². The summed E-state index contributed by atoms with van der Waals surface area (Å²) in [6.07, 6.45) is 2.90. The molecule has 0 saturated heterocycles. The fourth-order valence-corrected chi connectivity index (χ4v) is 2.81. The van der Waals surface area contributed by atoms with Gasteiger partial charge in [-0.2, -0.15) is 0 Å². The second-order valence-electron chi connectivity index (χ2n) is 4.13. The lowest BCUT2D eigenvalue weighted by Gasteiger charge is -2.27. The van der Waals surface area contributed by atoms with Gasteiger partial charge in [-0.3, -0.25) is 4.90 Å². The Morgan fingerprint density at radius 1 is 1.47 bits per heavy atom. The van der Waals surface area contributed by atoms with E-state index in [1.54, 1.807) is 11.3 Å². The molecule has 0 aromatic carbocycles. The number of fused-ring (bicyclic) bond motifs is 1. The second-order valence-corrected chi connectivity index (χ2v) is 5.24. The molecule has 0 aliphatic carbocycles. The molecule has 3 heterocycles. The predicted octanol–water partition coefficient (Wildman–Crippen LogP) is 2.15. The summed E-state index contributed by atoms with van der Waals surface area (Å²) in [5, 5.41) is 2.10. The number of nitrogens with zero attached hydrogens (tertiary/aromatic N) is 3. The average Bonchev–Trinajstić information content (AvgIpc) is 2.82. The molecule has 0 radical (unpaired) electrons. The highest BCUT2D eigenvalue weighted by Crippen LogP contribution is 2.17. The lowest BCUT2D eigenvalue weighted by atomic mass is 10.1. The number of rotatable bonds is 2. The maximum Gasteiger partial charge on any atom is 0.196 e. The van der Waals surface area contributed by atoms with Crippen LogP contribution in [0.1, 0.15) is 17.0 Å². The molecule has 0 saturated carbocycles. The molecule has 0 bridgehead atoms. The number of H-pyrrole nitrogens is 1. The minimum atomic E-state index is 0.580. The summed E-state index contributed by atoms with van der Waals surface area (Å²) in [5.74, 6) is 0. The Labute approximate surface area is 108 Å². The SMILES string of the molecule is S=c1ncc2c([nH]1)CCN(Cc1cscn1)C2. The van der Waals surface area contributed by atoms with Crippen LogP contribution in [0.3, 0.4) is 0 Å². The molecular formula is C11H12N4S2. The third-order valence-corrected chi connectivity index (χ3v) is 3.77. The molecule has 6 heteroatoms. The van der Waals surface area contributed by atoms with E-state index in [1.807, 2.05) is 11.7 Å². The van der Waals surface area contributed by atoms with Gasteiger partial charge in [0.25, 0.3) is 0 Å². The molecule has 17 heavy (non-hydrogen) atoms. The van der Waals surface area contributed by atoms with Crippen molar-refractivity contribution in [3.63, 3.8) is 0 Å². The van der Waals surface area contributed by atoms with Crippen molar-refractivity contribution in [1.29, 1.82) is 0 Å². The third kappa shape index (κ3) is 2.43. The van der Waals surface area contributed by atoms with E-state index in [2.05, 4.69) is 25.2 Å². The Kier molecular flexibility index (Phi) is 3.00. The van der Waals surface area contributed by atoms with E-state index in [4.69, 9.17) is 12.2 Å². The normalized spacial score (nSPS) is 15.8. The summed E-state index contributed by atoms with van der Waals surface area (Å²) in [5.41, 5.74) is 5.52. The van der Waals surface area contributed by atoms with E-state index in [-0.39, 0.29) is 0 Å². The molecule has 3 rings (SSSR count). The Bertz CT molecular complexity index is 561. The van der Waals surface area contributed by atoms with Crippen molar-refractivity contribution in [2.75, 3.05) is 6.54 Å². The van der Waals surface area contributed by atoms with Gasteiger partial charge < -0.3 is 4.98 Å². The number of hydrogen-bond donors (Lipinski definition) is 1. The van der Waals surface area contributed by atoms with Crippen molar-refractivity contribution in [3.8, 4) is 0 Å². The predicted molar refractivity (Wildman–Crippen MR) is 69.4 cm³/mol. The molecule has 4 nitrogen and oxygen atoms in total. The van der Waals surface area contributed by atoms with Crippen LogP contribution >= 0.6 is 23.6 Å². The van der Waals surface area contributed by atoms with Gasteiger partial charge in [-0.05, 0) is 12.2 Å². The monoisotopic (exact) mass is 264 g/mol. The zero-order valence-electron chi connectivity index (χ0n) is 9.22. The Hall–Kier alpha value is -1.11. The molecule has 2 aromatic rings. The van der Waals surface area contributed by atoms with Gasteiger partial charge in [-0.1, -0.05) is 0 Å². The first kappa shape index (κ1) is 11.0. The molecule has 2 aromatic heterocycles. The third-order valence-electron chi connectivity index (χ3n) is 2.92.